The first kappa shape index (κ1) is 30.1. The standard InChI is InChI=1S/C19H12N.C13H28O2.Ir/c1-2-6-17-14(5-1)8-9-15-13-16(10-11-18(15)17)19-7-3-4-12-20-19;1-7-12(3,4)10(14)9-11(15)13(5,6)8-2;/h1-9,11-13H;10-11,14-15H,7-9H2,1-6H3;/q-1;;. The maximum Gasteiger partial charge on any atom is 0.0615 e. The quantitative estimate of drug-likeness (QED) is 0.157. The molecule has 2 atom stereocenters. The largest absolute Gasteiger partial charge is 0.392 e. The molecule has 0 saturated carbocycles. The van der Waals surface area contributed by atoms with E-state index in [0.29, 0.717) is 6.42 Å². The summed E-state index contributed by atoms with van der Waals surface area (Å²) in [6.45, 7) is 12.3. The number of hydrogen-bond donors (Lipinski definition) is 2. The Labute approximate surface area is 230 Å². The molecule has 1 radical (unpaired) electrons. The second-order valence-electron chi connectivity index (χ2n) is 10.8. The van der Waals surface area contributed by atoms with Gasteiger partial charge in [0.2, 0.25) is 0 Å². The molecule has 0 saturated heterocycles. The fourth-order valence-electron chi connectivity index (χ4n) is 3.94. The number of rotatable bonds is 7. The van der Waals surface area contributed by atoms with Gasteiger partial charge in [-0.2, -0.15) is 0 Å². The molecule has 0 amide bonds. The van der Waals surface area contributed by atoms with Gasteiger partial charge in [0.1, 0.15) is 0 Å². The van der Waals surface area contributed by atoms with E-state index in [1.165, 1.54) is 21.5 Å². The molecule has 0 aliphatic carbocycles. The van der Waals surface area contributed by atoms with E-state index >= 15 is 0 Å². The van der Waals surface area contributed by atoms with Crippen LogP contribution < -0.4 is 0 Å². The summed E-state index contributed by atoms with van der Waals surface area (Å²) in [5.41, 5.74) is 1.78. The van der Waals surface area contributed by atoms with Crippen LogP contribution in [0.3, 0.4) is 0 Å². The number of hydrogen-bond acceptors (Lipinski definition) is 3. The first-order valence-corrected chi connectivity index (χ1v) is 12.7. The summed E-state index contributed by atoms with van der Waals surface area (Å²) in [6, 6.07) is 26.3. The van der Waals surface area contributed by atoms with Crippen molar-refractivity contribution in [2.45, 2.75) is 73.0 Å². The van der Waals surface area contributed by atoms with Crippen LogP contribution in [0.5, 0.6) is 0 Å². The van der Waals surface area contributed by atoms with Gasteiger partial charge in [-0.1, -0.05) is 101 Å². The van der Waals surface area contributed by atoms with E-state index in [1.807, 2.05) is 52.1 Å². The Kier molecular flexibility index (Phi) is 10.8. The summed E-state index contributed by atoms with van der Waals surface area (Å²) >= 11 is 0. The van der Waals surface area contributed by atoms with Gasteiger partial charge in [0.15, 0.2) is 0 Å². The molecule has 0 spiro atoms. The number of aliphatic hydroxyl groups is 2. The SMILES string of the molecule is CCC(C)(C)C(O)CC(O)C(C)(C)CC.[Ir].[c-]1cc2c(ccc3ccccc32)cc1-c1ccccn1. The Morgan fingerprint density at radius 1 is 0.778 bits per heavy atom. The molecule has 0 aliphatic heterocycles. The van der Waals surface area contributed by atoms with Crippen LogP contribution >= 0.6 is 0 Å². The Balaban J connectivity index is 0.000000260. The molecule has 0 fully saturated rings. The second kappa shape index (κ2) is 12.9. The molecule has 0 bridgehead atoms. The van der Waals surface area contributed by atoms with Crippen LogP contribution in [0.25, 0.3) is 32.8 Å². The first-order chi connectivity index (χ1) is 16.6. The van der Waals surface area contributed by atoms with Crippen molar-refractivity contribution in [1.82, 2.24) is 4.98 Å². The van der Waals surface area contributed by atoms with Crippen molar-refractivity contribution >= 4 is 21.5 Å². The van der Waals surface area contributed by atoms with Crippen molar-refractivity contribution in [3.63, 3.8) is 0 Å². The van der Waals surface area contributed by atoms with Gasteiger partial charge in [-0.15, -0.1) is 29.1 Å². The van der Waals surface area contributed by atoms with Gasteiger partial charge in [-0.3, -0.25) is 0 Å². The number of fused-ring (bicyclic) bond motifs is 3. The molecule has 4 aromatic rings. The molecule has 3 nitrogen and oxygen atoms in total. The van der Waals surface area contributed by atoms with Crippen LogP contribution in [-0.4, -0.2) is 27.4 Å². The smallest absolute Gasteiger partial charge is 0.0615 e. The summed E-state index contributed by atoms with van der Waals surface area (Å²) in [5, 5.41) is 25.1. The molecule has 1 aromatic heterocycles. The summed E-state index contributed by atoms with van der Waals surface area (Å²) in [7, 11) is 0. The van der Waals surface area contributed by atoms with Gasteiger partial charge < -0.3 is 15.2 Å². The molecule has 4 heteroatoms. The molecule has 2 unspecified atom stereocenters. The Hall–Kier alpha value is -2.10. The van der Waals surface area contributed by atoms with E-state index in [1.54, 1.807) is 0 Å². The van der Waals surface area contributed by atoms with Crippen molar-refractivity contribution < 1.29 is 30.3 Å². The number of aromatic nitrogens is 1. The molecule has 1 heterocycles. The van der Waals surface area contributed by atoms with Gasteiger partial charge in [0, 0.05) is 32.7 Å². The summed E-state index contributed by atoms with van der Waals surface area (Å²) < 4.78 is 0. The van der Waals surface area contributed by atoms with Crippen molar-refractivity contribution in [3.05, 3.63) is 79.0 Å². The minimum atomic E-state index is -0.427. The average molecular weight is 663 g/mol. The van der Waals surface area contributed by atoms with E-state index in [4.69, 9.17) is 0 Å². The topological polar surface area (TPSA) is 53.4 Å². The van der Waals surface area contributed by atoms with E-state index in [2.05, 4.69) is 73.4 Å². The summed E-state index contributed by atoms with van der Waals surface area (Å²) in [6.07, 6.45) is 3.28. The molecular weight excluding hydrogens is 623 g/mol. The number of aliphatic hydroxyl groups excluding tert-OH is 2. The van der Waals surface area contributed by atoms with Gasteiger partial charge in [-0.25, -0.2) is 0 Å². The molecule has 3 aromatic carbocycles. The van der Waals surface area contributed by atoms with Crippen molar-refractivity contribution in [1.29, 1.82) is 0 Å². The van der Waals surface area contributed by atoms with Crippen molar-refractivity contribution in [3.8, 4) is 11.3 Å². The molecule has 4 rings (SSSR count). The fraction of sp³-hybridized carbons (Fsp3) is 0.406. The zero-order valence-corrected chi connectivity index (χ0v) is 24.8. The normalized spacial score (nSPS) is 13.4. The fourth-order valence-corrected chi connectivity index (χ4v) is 3.94. The Bertz CT molecular complexity index is 1220. The molecule has 2 N–H and O–H groups in total. The average Bonchev–Trinajstić information content (AvgIpc) is 2.89. The van der Waals surface area contributed by atoms with Crippen LogP contribution in [-0.2, 0) is 20.1 Å². The minimum absolute atomic E-state index is 0. The van der Waals surface area contributed by atoms with Crippen LogP contribution in [0.1, 0.15) is 60.8 Å². The zero-order valence-electron chi connectivity index (χ0n) is 22.4. The van der Waals surface area contributed by atoms with E-state index in [-0.39, 0.29) is 30.9 Å². The molecule has 0 aliphatic rings. The predicted octanol–water partition coefficient (Wildman–Crippen LogP) is 7.82. The van der Waals surface area contributed by atoms with Crippen LogP contribution in [0.4, 0.5) is 0 Å². The van der Waals surface area contributed by atoms with Crippen LogP contribution in [0, 0.1) is 16.9 Å². The minimum Gasteiger partial charge on any atom is -0.392 e. The second-order valence-corrected chi connectivity index (χ2v) is 10.8. The van der Waals surface area contributed by atoms with Gasteiger partial charge in [0.05, 0.1) is 12.2 Å². The van der Waals surface area contributed by atoms with Crippen molar-refractivity contribution in [2.75, 3.05) is 0 Å². The van der Waals surface area contributed by atoms with Gasteiger partial charge in [0.25, 0.3) is 0 Å². The van der Waals surface area contributed by atoms with Crippen LogP contribution in [0.2, 0.25) is 0 Å². The summed E-state index contributed by atoms with van der Waals surface area (Å²) in [5.74, 6) is 0. The predicted molar refractivity (Wildman–Crippen MR) is 148 cm³/mol. The Morgan fingerprint density at radius 2 is 1.36 bits per heavy atom. The van der Waals surface area contributed by atoms with E-state index in [0.717, 1.165) is 24.1 Å². The van der Waals surface area contributed by atoms with Gasteiger partial charge >= 0.3 is 0 Å². The third-order valence-electron chi connectivity index (χ3n) is 7.69. The molecule has 36 heavy (non-hydrogen) atoms. The van der Waals surface area contributed by atoms with E-state index < -0.39 is 12.2 Å². The van der Waals surface area contributed by atoms with Crippen LogP contribution in [0.15, 0.2) is 72.9 Å². The maximum absolute atomic E-state index is 10.0. The summed E-state index contributed by atoms with van der Waals surface area (Å²) in [4.78, 5) is 4.39. The third-order valence-corrected chi connectivity index (χ3v) is 7.69. The maximum atomic E-state index is 10.0. The molecular formula is C32H40IrNO2-. The first-order valence-electron chi connectivity index (χ1n) is 12.7. The van der Waals surface area contributed by atoms with Gasteiger partial charge in [-0.05, 0) is 40.8 Å². The number of pyridine rings is 1. The van der Waals surface area contributed by atoms with E-state index in [9.17, 15) is 10.2 Å². The Morgan fingerprint density at radius 3 is 1.94 bits per heavy atom. The number of nitrogens with zero attached hydrogens (tertiary/aromatic N) is 1. The molecule has 195 valence electrons. The number of benzene rings is 3. The van der Waals surface area contributed by atoms with Crippen molar-refractivity contribution in [2.24, 2.45) is 10.8 Å². The monoisotopic (exact) mass is 663 g/mol. The third kappa shape index (κ3) is 7.23. The zero-order chi connectivity index (χ0) is 25.6.